The molecule has 0 spiro atoms. The SMILES string of the molecule is CC1(C)[C]C(C)(C)\C=C/C=C\C=C/1. The summed E-state index contributed by atoms with van der Waals surface area (Å²) in [6.45, 7) is 8.72. The second-order valence-corrected chi connectivity index (χ2v) is 4.67. The lowest BCUT2D eigenvalue weighted by Gasteiger charge is -2.29. The number of rotatable bonds is 0. The molecule has 1 rings (SSSR count). The second-order valence-electron chi connectivity index (χ2n) is 4.67. The third-order valence-electron chi connectivity index (χ3n) is 2.00. The van der Waals surface area contributed by atoms with Crippen molar-refractivity contribution < 1.29 is 0 Å². The standard InChI is InChI=1S/C13H18/c1-12(2)9-7-5-6-8-10-13(3,4)11-12/h5-10H,1-4H3/b6-5-,9-7-,10-8-. The molecule has 2 radical (unpaired) electrons. The van der Waals surface area contributed by atoms with Gasteiger partial charge in [0.15, 0.2) is 0 Å². The largest absolute Gasteiger partial charge is 0.0782 e. The van der Waals surface area contributed by atoms with Crippen LogP contribution in [0.5, 0.6) is 0 Å². The van der Waals surface area contributed by atoms with E-state index in [0.29, 0.717) is 0 Å². The molecule has 0 fully saturated rings. The first-order valence-corrected chi connectivity index (χ1v) is 4.74. The molecular weight excluding hydrogens is 156 g/mol. The molecule has 0 saturated heterocycles. The van der Waals surface area contributed by atoms with Crippen molar-refractivity contribution in [3.63, 3.8) is 0 Å². The van der Waals surface area contributed by atoms with E-state index < -0.39 is 0 Å². The highest BCUT2D eigenvalue weighted by atomic mass is 14.3. The normalized spacial score (nSPS) is 32.3. The summed E-state index contributed by atoms with van der Waals surface area (Å²) in [4.78, 5) is 0. The van der Waals surface area contributed by atoms with Crippen LogP contribution in [0.4, 0.5) is 0 Å². The van der Waals surface area contributed by atoms with Crippen LogP contribution in [-0.2, 0) is 0 Å². The minimum Gasteiger partial charge on any atom is -0.0782 e. The fourth-order valence-electron chi connectivity index (χ4n) is 1.63. The molecule has 0 heterocycles. The van der Waals surface area contributed by atoms with Gasteiger partial charge in [0.25, 0.3) is 0 Å². The molecule has 0 bridgehead atoms. The Morgan fingerprint density at radius 2 is 1.08 bits per heavy atom. The number of hydrogen-bond acceptors (Lipinski definition) is 0. The fourth-order valence-corrected chi connectivity index (χ4v) is 1.63. The van der Waals surface area contributed by atoms with Crippen molar-refractivity contribution in [2.24, 2.45) is 10.8 Å². The van der Waals surface area contributed by atoms with E-state index in [2.05, 4.69) is 70.6 Å². The smallest absolute Gasteiger partial charge is 0.00317 e. The van der Waals surface area contributed by atoms with E-state index >= 15 is 0 Å². The minimum atomic E-state index is 0.0442. The Morgan fingerprint density at radius 3 is 1.46 bits per heavy atom. The Labute approximate surface area is 82.0 Å². The zero-order chi connectivity index (χ0) is 9.95. The van der Waals surface area contributed by atoms with Gasteiger partial charge in [0, 0.05) is 6.42 Å². The second kappa shape index (κ2) is 3.53. The van der Waals surface area contributed by atoms with E-state index in [0.717, 1.165) is 0 Å². The molecule has 0 heteroatoms. The van der Waals surface area contributed by atoms with Crippen LogP contribution in [0.15, 0.2) is 36.5 Å². The summed E-state index contributed by atoms with van der Waals surface area (Å²) in [5, 5.41) is 0. The molecule has 0 amide bonds. The van der Waals surface area contributed by atoms with Crippen molar-refractivity contribution >= 4 is 0 Å². The number of hydrogen-bond donors (Lipinski definition) is 0. The van der Waals surface area contributed by atoms with Crippen molar-refractivity contribution in [3.05, 3.63) is 42.9 Å². The Balaban J connectivity index is 2.93. The predicted molar refractivity (Wildman–Crippen MR) is 58.2 cm³/mol. The predicted octanol–water partition coefficient (Wildman–Crippen LogP) is 3.80. The summed E-state index contributed by atoms with van der Waals surface area (Å²) >= 11 is 0. The van der Waals surface area contributed by atoms with E-state index in [9.17, 15) is 0 Å². The Morgan fingerprint density at radius 1 is 0.692 bits per heavy atom. The van der Waals surface area contributed by atoms with Gasteiger partial charge in [-0.15, -0.1) is 0 Å². The maximum absolute atomic E-state index is 3.56. The first kappa shape index (κ1) is 10.3. The molecule has 0 atom stereocenters. The molecule has 70 valence electrons. The summed E-state index contributed by atoms with van der Waals surface area (Å²) in [7, 11) is 0. The van der Waals surface area contributed by atoms with Crippen LogP contribution in [0.3, 0.4) is 0 Å². The summed E-state index contributed by atoms with van der Waals surface area (Å²) < 4.78 is 0. The van der Waals surface area contributed by atoms with Gasteiger partial charge in [0.05, 0.1) is 0 Å². The average Bonchev–Trinajstić information content (AvgIpc) is 1.97. The molecule has 0 aromatic heterocycles. The highest BCUT2D eigenvalue weighted by molar-refractivity contribution is 5.22. The van der Waals surface area contributed by atoms with Crippen LogP contribution in [0.2, 0.25) is 0 Å². The van der Waals surface area contributed by atoms with E-state index in [1.54, 1.807) is 0 Å². The maximum atomic E-state index is 3.56. The Bertz CT molecular complexity index is 223. The van der Waals surface area contributed by atoms with E-state index in [4.69, 9.17) is 0 Å². The lowest BCUT2D eigenvalue weighted by Crippen LogP contribution is -2.20. The van der Waals surface area contributed by atoms with E-state index in [1.807, 2.05) is 0 Å². The van der Waals surface area contributed by atoms with Gasteiger partial charge in [-0.1, -0.05) is 64.2 Å². The quantitative estimate of drug-likeness (QED) is 0.524. The van der Waals surface area contributed by atoms with Gasteiger partial charge < -0.3 is 0 Å². The Hall–Kier alpha value is -0.780. The molecule has 0 saturated carbocycles. The van der Waals surface area contributed by atoms with E-state index in [1.165, 1.54) is 0 Å². The fraction of sp³-hybridized carbons (Fsp3) is 0.462. The molecule has 0 unspecified atom stereocenters. The third-order valence-corrected chi connectivity index (χ3v) is 2.00. The maximum Gasteiger partial charge on any atom is 0.00317 e. The van der Waals surface area contributed by atoms with Crippen LogP contribution in [0.25, 0.3) is 0 Å². The lowest BCUT2D eigenvalue weighted by atomic mass is 9.75. The van der Waals surface area contributed by atoms with Crippen molar-refractivity contribution in [1.82, 2.24) is 0 Å². The van der Waals surface area contributed by atoms with Crippen LogP contribution < -0.4 is 0 Å². The molecular formula is C13H18. The molecule has 13 heavy (non-hydrogen) atoms. The van der Waals surface area contributed by atoms with Crippen molar-refractivity contribution in [2.45, 2.75) is 27.7 Å². The summed E-state index contributed by atoms with van der Waals surface area (Å²) in [6, 6.07) is 0. The van der Waals surface area contributed by atoms with Gasteiger partial charge in [0.2, 0.25) is 0 Å². The summed E-state index contributed by atoms with van der Waals surface area (Å²) in [5.74, 6) is 0. The topological polar surface area (TPSA) is 0 Å². The zero-order valence-corrected chi connectivity index (χ0v) is 8.96. The van der Waals surface area contributed by atoms with Gasteiger partial charge in [-0.25, -0.2) is 0 Å². The summed E-state index contributed by atoms with van der Waals surface area (Å²) in [5.41, 5.74) is 0.0883. The lowest BCUT2D eigenvalue weighted by molar-refractivity contribution is 0.422. The average molecular weight is 174 g/mol. The van der Waals surface area contributed by atoms with Gasteiger partial charge in [0.1, 0.15) is 0 Å². The van der Waals surface area contributed by atoms with Crippen molar-refractivity contribution in [3.8, 4) is 0 Å². The molecule has 0 aromatic carbocycles. The molecule has 0 nitrogen and oxygen atoms in total. The van der Waals surface area contributed by atoms with Gasteiger partial charge in [-0.05, 0) is 10.8 Å². The monoisotopic (exact) mass is 174 g/mol. The van der Waals surface area contributed by atoms with Crippen molar-refractivity contribution in [2.75, 3.05) is 0 Å². The molecule has 0 aromatic rings. The molecule has 0 aliphatic heterocycles. The number of allylic oxidation sites excluding steroid dienone is 6. The zero-order valence-electron chi connectivity index (χ0n) is 8.96. The van der Waals surface area contributed by atoms with Gasteiger partial charge >= 0.3 is 0 Å². The van der Waals surface area contributed by atoms with Crippen LogP contribution in [0, 0.1) is 17.3 Å². The highest BCUT2D eigenvalue weighted by Crippen LogP contribution is 2.34. The van der Waals surface area contributed by atoms with Crippen LogP contribution >= 0.6 is 0 Å². The van der Waals surface area contributed by atoms with Gasteiger partial charge in [-0.2, -0.15) is 0 Å². The van der Waals surface area contributed by atoms with E-state index in [-0.39, 0.29) is 10.8 Å². The third kappa shape index (κ3) is 3.63. The summed E-state index contributed by atoms with van der Waals surface area (Å²) in [6.07, 6.45) is 16.2. The Kier molecular flexibility index (Phi) is 2.80. The first-order chi connectivity index (χ1) is 5.91. The molecule has 1 aliphatic rings. The molecule has 0 N–H and O–H groups in total. The van der Waals surface area contributed by atoms with Gasteiger partial charge in [-0.3, -0.25) is 0 Å². The minimum absolute atomic E-state index is 0.0442. The van der Waals surface area contributed by atoms with Crippen LogP contribution in [-0.4, -0.2) is 0 Å². The van der Waals surface area contributed by atoms with Crippen molar-refractivity contribution in [1.29, 1.82) is 0 Å². The first-order valence-electron chi connectivity index (χ1n) is 4.74. The molecule has 1 aliphatic carbocycles. The highest BCUT2D eigenvalue weighted by Gasteiger charge is 2.25. The van der Waals surface area contributed by atoms with Crippen LogP contribution in [0.1, 0.15) is 27.7 Å².